The minimum absolute atomic E-state index is 0.0176. The quantitative estimate of drug-likeness (QED) is 0.925. The van der Waals surface area contributed by atoms with Gasteiger partial charge in [0.2, 0.25) is 10.0 Å². The first-order valence-electron chi connectivity index (χ1n) is 6.92. The van der Waals surface area contributed by atoms with Crippen molar-refractivity contribution in [1.29, 1.82) is 0 Å². The molecule has 0 aliphatic carbocycles. The molecule has 5 nitrogen and oxygen atoms in total. The lowest BCUT2D eigenvalue weighted by molar-refractivity contribution is 0.0943. The summed E-state index contributed by atoms with van der Waals surface area (Å²) in [6.45, 7) is 4.14. The lowest BCUT2D eigenvalue weighted by Gasteiger charge is -2.28. The maximum Gasteiger partial charge on any atom is 0.253 e. The highest BCUT2D eigenvalue weighted by molar-refractivity contribution is 7.92. The number of sulfonamides is 1. The second-order valence-corrected chi connectivity index (χ2v) is 7.81. The maximum absolute atomic E-state index is 12.1. The van der Waals surface area contributed by atoms with Crippen molar-refractivity contribution in [1.82, 2.24) is 5.32 Å². The van der Waals surface area contributed by atoms with Crippen molar-refractivity contribution in [2.75, 3.05) is 16.6 Å². The van der Waals surface area contributed by atoms with E-state index in [9.17, 15) is 13.2 Å². The van der Waals surface area contributed by atoms with Crippen LogP contribution >= 0.6 is 11.6 Å². The molecule has 1 aromatic carbocycles. The molecular formula is C14H19ClN2O3S. The molecule has 0 atom stereocenters. The average Bonchev–Trinajstić information content (AvgIpc) is 2.38. The van der Waals surface area contributed by atoms with Crippen molar-refractivity contribution in [3.05, 3.63) is 28.8 Å². The van der Waals surface area contributed by atoms with Gasteiger partial charge in [0.1, 0.15) is 0 Å². The average molecular weight is 331 g/mol. The molecule has 0 aromatic heterocycles. The van der Waals surface area contributed by atoms with Crippen molar-refractivity contribution < 1.29 is 13.2 Å². The summed E-state index contributed by atoms with van der Waals surface area (Å²) in [5, 5.41) is 3.07. The standard InChI is InChI=1S/C14H19ClN2O3S/c1-10(2)16-14(18)12-9-11(5-6-13(12)15)17-7-3-4-8-21(17,19)20/h5-6,9-10H,3-4,7-8H2,1-2H3,(H,16,18). The summed E-state index contributed by atoms with van der Waals surface area (Å²) in [5.41, 5.74) is 0.789. The fraction of sp³-hybridized carbons (Fsp3) is 0.500. The molecule has 0 radical (unpaired) electrons. The Bertz CT molecular complexity index is 644. The van der Waals surface area contributed by atoms with E-state index in [1.165, 1.54) is 4.31 Å². The third kappa shape index (κ3) is 3.68. The second-order valence-electron chi connectivity index (χ2n) is 5.39. The normalized spacial score (nSPS) is 17.8. The SMILES string of the molecule is CC(C)NC(=O)c1cc(N2CCCCS2(=O)=O)ccc1Cl. The van der Waals surface area contributed by atoms with Crippen LogP contribution in [0, 0.1) is 0 Å². The molecule has 1 amide bonds. The summed E-state index contributed by atoms with van der Waals surface area (Å²) in [4.78, 5) is 12.1. The molecule has 0 spiro atoms. The van der Waals surface area contributed by atoms with Crippen molar-refractivity contribution in [3.63, 3.8) is 0 Å². The van der Waals surface area contributed by atoms with Crippen molar-refractivity contribution in [2.24, 2.45) is 0 Å². The molecule has 116 valence electrons. The number of hydrogen-bond acceptors (Lipinski definition) is 3. The largest absolute Gasteiger partial charge is 0.350 e. The molecule has 1 heterocycles. The number of carbonyl (C=O) groups is 1. The third-order valence-corrected chi connectivity index (χ3v) is 5.45. The van der Waals surface area contributed by atoms with Crippen molar-refractivity contribution >= 4 is 33.2 Å². The summed E-state index contributed by atoms with van der Waals surface area (Å²) in [5.74, 6) is -0.158. The molecule has 0 unspecified atom stereocenters. The van der Waals surface area contributed by atoms with Crippen LogP contribution in [0.15, 0.2) is 18.2 Å². The monoisotopic (exact) mass is 330 g/mol. The van der Waals surface area contributed by atoms with Gasteiger partial charge in [-0.25, -0.2) is 8.42 Å². The zero-order chi connectivity index (χ0) is 15.6. The van der Waals surface area contributed by atoms with Gasteiger partial charge < -0.3 is 5.32 Å². The van der Waals surface area contributed by atoms with Gasteiger partial charge in [-0.15, -0.1) is 0 Å². The minimum Gasteiger partial charge on any atom is -0.350 e. The highest BCUT2D eigenvalue weighted by Gasteiger charge is 2.27. The van der Waals surface area contributed by atoms with E-state index in [2.05, 4.69) is 5.32 Å². The van der Waals surface area contributed by atoms with E-state index in [0.29, 0.717) is 29.2 Å². The number of halogens is 1. The van der Waals surface area contributed by atoms with E-state index in [0.717, 1.165) is 6.42 Å². The van der Waals surface area contributed by atoms with Gasteiger partial charge in [0.25, 0.3) is 5.91 Å². The number of nitrogens with zero attached hydrogens (tertiary/aromatic N) is 1. The molecule has 2 rings (SSSR count). The fourth-order valence-electron chi connectivity index (χ4n) is 2.26. The molecule has 21 heavy (non-hydrogen) atoms. The summed E-state index contributed by atoms with van der Waals surface area (Å²) in [6, 6.07) is 4.73. The number of benzene rings is 1. The topological polar surface area (TPSA) is 66.5 Å². The van der Waals surface area contributed by atoms with Crippen molar-refractivity contribution in [2.45, 2.75) is 32.7 Å². The Morgan fingerprint density at radius 2 is 2.05 bits per heavy atom. The first-order chi connectivity index (χ1) is 9.81. The number of carbonyl (C=O) groups excluding carboxylic acids is 1. The zero-order valence-electron chi connectivity index (χ0n) is 12.1. The molecule has 1 N–H and O–H groups in total. The van der Waals surface area contributed by atoms with Gasteiger partial charge in [-0.05, 0) is 44.9 Å². The maximum atomic E-state index is 12.1. The molecule has 1 aromatic rings. The van der Waals surface area contributed by atoms with Gasteiger partial charge in [0, 0.05) is 12.6 Å². The van der Waals surface area contributed by atoms with Gasteiger partial charge >= 0.3 is 0 Å². The smallest absolute Gasteiger partial charge is 0.253 e. The Kier molecular flexibility index (Phi) is 4.78. The Hall–Kier alpha value is -1.27. The van der Waals surface area contributed by atoms with Gasteiger partial charge in [-0.3, -0.25) is 9.10 Å². The summed E-state index contributed by atoms with van der Waals surface area (Å²) in [6.07, 6.45) is 1.49. The number of anilines is 1. The van der Waals surface area contributed by atoms with E-state index in [1.54, 1.807) is 18.2 Å². The number of amides is 1. The van der Waals surface area contributed by atoms with E-state index in [4.69, 9.17) is 11.6 Å². The Morgan fingerprint density at radius 3 is 2.67 bits per heavy atom. The lowest BCUT2D eigenvalue weighted by atomic mass is 10.1. The van der Waals surface area contributed by atoms with E-state index in [1.807, 2.05) is 13.8 Å². The highest BCUT2D eigenvalue weighted by atomic mass is 35.5. The predicted octanol–water partition coefficient (Wildman–Crippen LogP) is 2.41. The van der Waals surface area contributed by atoms with E-state index >= 15 is 0 Å². The van der Waals surface area contributed by atoms with Gasteiger partial charge in [-0.1, -0.05) is 11.6 Å². The van der Waals surface area contributed by atoms with Crippen molar-refractivity contribution in [3.8, 4) is 0 Å². The minimum atomic E-state index is -3.30. The van der Waals surface area contributed by atoms with Crippen LogP contribution in [-0.2, 0) is 10.0 Å². The van der Waals surface area contributed by atoms with E-state index in [-0.39, 0.29) is 17.7 Å². The molecule has 1 aliphatic heterocycles. The van der Waals surface area contributed by atoms with Crippen LogP contribution in [0.25, 0.3) is 0 Å². The Labute approximate surface area is 130 Å². The summed E-state index contributed by atoms with van der Waals surface area (Å²) >= 11 is 6.06. The number of hydrogen-bond donors (Lipinski definition) is 1. The molecule has 1 saturated heterocycles. The van der Waals surface area contributed by atoms with Crippen LogP contribution in [0.3, 0.4) is 0 Å². The zero-order valence-corrected chi connectivity index (χ0v) is 13.7. The van der Waals surface area contributed by atoms with Gasteiger partial charge in [0.15, 0.2) is 0 Å². The molecule has 0 saturated carbocycles. The van der Waals surface area contributed by atoms with Crippen LogP contribution < -0.4 is 9.62 Å². The fourth-order valence-corrected chi connectivity index (χ4v) is 4.10. The second kappa shape index (κ2) is 6.23. The van der Waals surface area contributed by atoms with Crippen LogP contribution in [0.1, 0.15) is 37.0 Å². The van der Waals surface area contributed by atoms with Crippen LogP contribution in [0.4, 0.5) is 5.69 Å². The highest BCUT2D eigenvalue weighted by Crippen LogP contribution is 2.27. The first-order valence-corrected chi connectivity index (χ1v) is 8.91. The first kappa shape index (κ1) is 16.1. The van der Waals surface area contributed by atoms with Crippen LogP contribution in [0.2, 0.25) is 5.02 Å². The third-order valence-electron chi connectivity index (χ3n) is 3.25. The Morgan fingerprint density at radius 1 is 1.33 bits per heavy atom. The number of nitrogens with one attached hydrogen (secondary N) is 1. The van der Waals surface area contributed by atoms with Gasteiger partial charge in [0.05, 0.1) is 22.0 Å². The summed E-state index contributed by atoms with van der Waals surface area (Å²) in [7, 11) is -3.30. The summed E-state index contributed by atoms with van der Waals surface area (Å²) < 4.78 is 25.6. The molecule has 1 fully saturated rings. The molecule has 1 aliphatic rings. The predicted molar refractivity (Wildman–Crippen MR) is 84.4 cm³/mol. The van der Waals surface area contributed by atoms with Crippen LogP contribution in [0.5, 0.6) is 0 Å². The van der Waals surface area contributed by atoms with Gasteiger partial charge in [-0.2, -0.15) is 0 Å². The molecule has 7 heteroatoms. The van der Waals surface area contributed by atoms with E-state index < -0.39 is 10.0 Å². The van der Waals surface area contributed by atoms with Crippen LogP contribution in [-0.4, -0.2) is 32.7 Å². The molecule has 0 bridgehead atoms. The lowest BCUT2D eigenvalue weighted by Crippen LogP contribution is -2.38. The molecular weight excluding hydrogens is 312 g/mol. The Balaban J connectivity index is 2.36. The number of rotatable bonds is 3.